The first-order valence-electron chi connectivity index (χ1n) is 4.35. The van der Waals surface area contributed by atoms with Gasteiger partial charge in [0.25, 0.3) is 0 Å². The number of anilines is 2. The summed E-state index contributed by atoms with van der Waals surface area (Å²) in [7, 11) is 0. The van der Waals surface area contributed by atoms with Gasteiger partial charge in [-0.25, -0.2) is 14.4 Å². The third-order valence-corrected chi connectivity index (χ3v) is 2.67. The van der Waals surface area contributed by atoms with E-state index in [2.05, 4.69) is 37.9 Å². The Balaban J connectivity index is 2.27. The van der Waals surface area contributed by atoms with Gasteiger partial charge in [0.1, 0.15) is 0 Å². The van der Waals surface area contributed by atoms with Crippen LogP contribution >= 0.6 is 34.2 Å². The van der Waals surface area contributed by atoms with Gasteiger partial charge in [0.2, 0.25) is 5.95 Å². The summed E-state index contributed by atoms with van der Waals surface area (Å²) in [5.74, 6) is -0.173. The van der Waals surface area contributed by atoms with Gasteiger partial charge in [-0.2, -0.15) is 0 Å². The van der Waals surface area contributed by atoms with Crippen LogP contribution in [-0.2, 0) is 0 Å². The molecule has 6 heteroatoms. The average molecular weight is 350 g/mol. The Bertz CT molecular complexity index is 504. The van der Waals surface area contributed by atoms with Crippen molar-refractivity contribution in [2.45, 2.75) is 0 Å². The number of nitrogens with zero attached hydrogens (tertiary/aromatic N) is 2. The minimum Gasteiger partial charge on any atom is -0.322 e. The van der Waals surface area contributed by atoms with Gasteiger partial charge >= 0.3 is 0 Å². The minimum atomic E-state index is -0.508. The molecule has 2 rings (SSSR count). The summed E-state index contributed by atoms with van der Waals surface area (Å²) < 4.78 is 14.4. The highest BCUT2D eigenvalue weighted by Crippen LogP contribution is 2.23. The van der Waals surface area contributed by atoms with Gasteiger partial charge in [0.05, 0.1) is 10.7 Å². The summed E-state index contributed by atoms with van der Waals surface area (Å²) in [4.78, 5) is 8.01. The Morgan fingerprint density at radius 3 is 2.62 bits per heavy atom. The predicted octanol–water partition coefficient (Wildman–Crippen LogP) is 3.62. The molecule has 3 nitrogen and oxygen atoms in total. The molecule has 0 saturated carbocycles. The second kappa shape index (κ2) is 4.92. The van der Waals surface area contributed by atoms with Crippen LogP contribution in [0.4, 0.5) is 16.0 Å². The van der Waals surface area contributed by atoms with Gasteiger partial charge in [0.15, 0.2) is 5.82 Å². The first-order chi connectivity index (χ1) is 7.66. The number of hydrogen-bond acceptors (Lipinski definition) is 3. The number of aromatic nitrogens is 2. The fourth-order valence-electron chi connectivity index (χ4n) is 1.10. The van der Waals surface area contributed by atoms with Gasteiger partial charge in [-0.1, -0.05) is 17.7 Å². The molecule has 2 aromatic rings. The summed E-state index contributed by atoms with van der Waals surface area (Å²) in [5, 5.41) is 2.82. The molecule has 0 fully saturated rings. The Kier molecular flexibility index (Phi) is 3.55. The van der Waals surface area contributed by atoms with Crippen molar-refractivity contribution in [3.8, 4) is 0 Å². The molecule has 0 bridgehead atoms. The van der Waals surface area contributed by atoms with Crippen LogP contribution in [-0.4, -0.2) is 9.97 Å². The summed E-state index contributed by atoms with van der Waals surface area (Å²) in [6, 6.07) is 4.71. The molecule has 0 spiro atoms. The zero-order chi connectivity index (χ0) is 11.5. The number of rotatable bonds is 2. The molecule has 1 heterocycles. The van der Waals surface area contributed by atoms with E-state index >= 15 is 0 Å². The normalized spacial score (nSPS) is 10.2. The molecule has 0 atom stereocenters. The van der Waals surface area contributed by atoms with E-state index < -0.39 is 5.82 Å². The standard InChI is InChI=1S/C10H6ClFIN3/c11-7-2-1-3-8(9(7)12)16-10-14-4-6(13)5-15-10/h1-5H,(H,14,15,16). The molecule has 0 aliphatic rings. The van der Waals surface area contributed by atoms with E-state index in [-0.39, 0.29) is 10.7 Å². The molecule has 0 aliphatic carbocycles. The monoisotopic (exact) mass is 349 g/mol. The van der Waals surface area contributed by atoms with E-state index in [4.69, 9.17) is 11.6 Å². The first kappa shape index (κ1) is 11.5. The lowest BCUT2D eigenvalue weighted by atomic mass is 10.3. The molecule has 1 aromatic carbocycles. The average Bonchev–Trinajstić information content (AvgIpc) is 2.28. The van der Waals surface area contributed by atoms with Crippen molar-refractivity contribution in [2.24, 2.45) is 0 Å². The second-order valence-electron chi connectivity index (χ2n) is 2.95. The largest absolute Gasteiger partial charge is 0.322 e. The van der Waals surface area contributed by atoms with E-state index in [1.165, 1.54) is 6.07 Å². The smallest absolute Gasteiger partial charge is 0.227 e. The van der Waals surface area contributed by atoms with Gasteiger partial charge in [0, 0.05) is 16.0 Å². The van der Waals surface area contributed by atoms with Crippen molar-refractivity contribution < 1.29 is 4.39 Å². The number of benzene rings is 1. The van der Waals surface area contributed by atoms with Crippen LogP contribution in [0, 0.1) is 9.39 Å². The highest BCUT2D eigenvalue weighted by atomic mass is 127. The first-order valence-corrected chi connectivity index (χ1v) is 5.81. The van der Waals surface area contributed by atoms with Gasteiger partial charge in [-0.15, -0.1) is 0 Å². The Labute approximate surface area is 110 Å². The van der Waals surface area contributed by atoms with Crippen LogP contribution in [0.1, 0.15) is 0 Å². The number of halogens is 3. The molecule has 0 amide bonds. The number of hydrogen-bond donors (Lipinski definition) is 1. The Morgan fingerprint density at radius 2 is 1.94 bits per heavy atom. The van der Waals surface area contributed by atoms with E-state index in [0.717, 1.165) is 3.57 Å². The topological polar surface area (TPSA) is 37.8 Å². The summed E-state index contributed by atoms with van der Waals surface area (Å²) >= 11 is 7.74. The summed E-state index contributed by atoms with van der Waals surface area (Å²) in [6.45, 7) is 0. The van der Waals surface area contributed by atoms with Crippen LogP contribution in [0.15, 0.2) is 30.6 Å². The van der Waals surface area contributed by atoms with Crippen molar-refractivity contribution >= 4 is 45.8 Å². The highest BCUT2D eigenvalue weighted by molar-refractivity contribution is 14.1. The van der Waals surface area contributed by atoms with Gasteiger partial charge in [-0.05, 0) is 34.7 Å². The maximum absolute atomic E-state index is 13.5. The fraction of sp³-hybridized carbons (Fsp3) is 0. The Morgan fingerprint density at radius 1 is 1.25 bits per heavy atom. The van der Waals surface area contributed by atoms with Gasteiger partial charge in [-0.3, -0.25) is 0 Å². The molecule has 1 N–H and O–H groups in total. The van der Waals surface area contributed by atoms with Crippen molar-refractivity contribution in [1.82, 2.24) is 9.97 Å². The summed E-state index contributed by atoms with van der Waals surface area (Å²) in [5.41, 5.74) is 0.258. The molecular weight excluding hydrogens is 343 g/mol. The Hall–Kier alpha value is -0.950. The van der Waals surface area contributed by atoms with Crippen LogP contribution < -0.4 is 5.32 Å². The summed E-state index contributed by atoms with van der Waals surface area (Å²) in [6.07, 6.45) is 3.27. The van der Waals surface area contributed by atoms with Crippen LogP contribution in [0.3, 0.4) is 0 Å². The third kappa shape index (κ3) is 2.59. The molecular formula is C10H6ClFIN3. The zero-order valence-corrected chi connectivity index (χ0v) is 10.8. The quantitative estimate of drug-likeness (QED) is 0.842. The maximum Gasteiger partial charge on any atom is 0.227 e. The van der Waals surface area contributed by atoms with Crippen LogP contribution in [0.5, 0.6) is 0 Å². The number of nitrogens with one attached hydrogen (secondary N) is 1. The van der Waals surface area contributed by atoms with Gasteiger partial charge < -0.3 is 5.32 Å². The van der Waals surface area contributed by atoms with Crippen molar-refractivity contribution in [2.75, 3.05) is 5.32 Å². The molecule has 0 radical (unpaired) electrons. The van der Waals surface area contributed by atoms with E-state index in [9.17, 15) is 4.39 Å². The predicted molar refractivity (Wildman–Crippen MR) is 69.4 cm³/mol. The van der Waals surface area contributed by atoms with Crippen molar-refractivity contribution in [1.29, 1.82) is 0 Å². The van der Waals surface area contributed by atoms with Crippen LogP contribution in [0.25, 0.3) is 0 Å². The molecule has 0 aliphatic heterocycles. The maximum atomic E-state index is 13.5. The van der Waals surface area contributed by atoms with E-state index in [0.29, 0.717) is 5.95 Å². The van der Waals surface area contributed by atoms with E-state index in [1.807, 2.05) is 0 Å². The molecule has 16 heavy (non-hydrogen) atoms. The fourth-order valence-corrected chi connectivity index (χ4v) is 1.55. The lowest BCUT2D eigenvalue weighted by Gasteiger charge is -2.06. The second-order valence-corrected chi connectivity index (χ2v) is 4.60. The lowest BCUT2D eigenvalue weighted by molar-refractivity contribution is 0.632. The third-order valence-electron chi connectivity index (χ3n) is 1.82. The molecule has 0 saturated heterocycles. The zero-order valence-electron chi connectivity index (χ0n) is 7.92. The van der Waals surface area contributed by atoms with Crippen LogP contribution in [0.2, 0.25) is 5.02 Å². The molecule has 82 valence electrons. The molecule has 0 unspecified atom stereocenters. The van der Waals surface area contributed by atoms with Crippen molar-refractivity contribution in [3.05, 3.63) is 45.0 Å². The minimum absolute atomic E-state index is 0.0653. The molecule has 1 aromatic heterocycles. The highest BCUT2D eigenvalue weighted by Gasteiger charge is 2.06. The van der Waals surface area contributed by atoms with E-state index in [1.54, 1.807) is 24.5 Å². The SMILES string of the molecule is Fc1c(Cl)cccc1Nc1ncc(I)cn1. The lowest BCUT2D eigenvalue weighted by Crippen LogP contribution is -1.99. The van der Waals surface area contributed by atoms with Crippen molar-refractivity contribution in [3.63, 3.8) is 0 Å².